The van der Waals surface area contributed by atoms with E-state index in [0.717, 1.165) is 12.8 Å². The fraction of sp³-hybridized carbons (Fsp3) is 0.867. The summed E-state index contributed by atoms with van der Waals surface area (Å²) in [5.74, 6) is -1.37. The van der Waals surface area contributed by atoms with Crippen LogP contribution in [0.5, 0.6) is 0 Å². The predicted octanol–water partition coefficient (Wildman–Crippen LogP) is 2.43. The second-order valence-corrected chi connectivity index (χ2v) is 6.86. The summed E-state index contributed by atoms with van der Waals surface area (Å²) in [6.07, 6.45) is 6.15. The fourth-order valence-electron chi connectivity index (χ4n) is 3.69. The molecule has 0 aliphatic heterocycles. The molecular weight excluding hydrogens is 242 g/mol. The van der Waals surface area contributed by atoms with Crippen molar-refractivity contribution in [2.75, 3.05) is 6.54 Å². The zero-order chi connectivity index (χ0) is 14.0. The maximum absolute atomic E-state index is 12.2. The molecule has 2 saturated carbocycles. The lowest BCUT2D eigenvalue weighted by Crippen LogP contribution is -2.40. The van der Waals surface area contributed by atoms with Crippen LogP contribution in [-0.2, 0) is 9.59 Å². The van der Waals surface area contributed by atoms with Crippen molar-refractivity contribution >= 4 is 11.9 Å². The first kappa shape index (κ1) is 14.4. The summed E-state index contributed by atoms with van der Waals surface area (Å²) in [6, 6.07) is 0. The van der Waals surface area contributed by atoms with E-state index in [0.29, 0.717) is 25.3 Å². The Morgan fingerprint density at radius 3 is 2.37 bits per heavy atom. The van der Waals surface area contributed by atoms with Crippen LogP contribution in [-0.4, -0.2) is 23.5 Å². The first-order valence-electron chi connectivity index (χ1n) is 7.42. The molecule has 2 rings (SSSR count). The quantitative estimate of drug-likeness (QED) is 0.822. The standard InChI is InChI=1S/C15H25NO3/c1-10-7-11(12(8-10)14(18)19)13(17)16-9-15(2)5-3-4-6-15/h10-12H,3-9H2,1-2H3,(H,16,17)(H,18,19). The number of aliphatic carboxylic acids is 1. The SMILES string of the molecule is CC1CC(C(=O)O)C(C(=O)NCC2(C)CCCC2)C1. The third kappa shape index (κ3) is 3.28. The summed E-state index contributed by atoms with van der Waals surface area (Å²) >= 11 is 0. The first-order chi connectivity index (χ1) is 8.91. The van der Waals surface area contributed by atoms with Crippen LogP contribution in [0.2, 0.25) is 0 Å². The lowest BCUT2D eigenvalue weighted by molar-refractivity contribution is -0.146. The molecule has 108 valence electrons. The van der Waals surface area contributed by atoms with Crippen LogP contribution in [0.25, 0.3) is 0 Å². The molecule has 1 amide bonds. The highest BCUT2D eigenvalue weighted by molar-refractivity contribution is 5.85. The van der Waals surface area contributed by atoms with Crippen LogP contribution >= 0.6 is 0 Å². The highest BCUT2D eigenvalue weighted by Crippen LogP contribution is 2.38. The Labute approximate surface area is 115 Å². The molecule has 4 nitrogen and oxygen atoms in total. The van der Waals surface area contributed by atoms with Crippen molar-refractivity contribution in [3.63, 3.8) is 0 Å². The molecule has 0 saturated heterocycles. The van der Waals surface area contributed by atoms with E-state index in [1.54, 1.807) is 0 Å². The third-order valence-corrected chi connectivity index (χ3v) is 4.95. The van der Waals surface area contributed by atoms with Crippen molar-refractivity contribution in [1.82, 2.24) is 5.32 Å². The van der Waals surface area contributed by atoms with E-state index in [-0.39, 0.29) is 17.2 Å². The van der Waals surface area contributed by atoms with Crippen LogP contribution in [0.4, 0.5) is 0 Å². The Bertz CT molecular complexity index is 360. The molecule has 2 aliphatic carbocycles. The second-order valence-electron chi connectivity index (χ2n) is 6.86. The van der Waals surface area contributed by atoms with E-state index in [9.17, 15) is 14.7 Å². The van der Waals surface area contributed by atoms with Crippen LogP contribution in [0.3, 0.4) is 0 Å². The van der Waals surface area contributed by atoms with Gasteiger partial charge in [0.15, 0.2) is 0 Å². The Balaban J connectivity index is 1.90. The second kappa shape index (κ2) is 5.51. The average molecular weight is 267 g/mol. The number of hydrogen-bond acceptors (Lipinski definition) is 2. The Kier molecular flexibility index (Phi) is 4.16. The molecule has 3 atom stereocenters. The Hall–Kier alpha value is -1.06. The molecule has 19 heavy (non-hydrogen) atoms. The summed E-state index contributed by atoms with van der Waals surface area (Å²) < 4.78 is 0. The third-order valence-electron chi connectivity index (χ3n) is 4.95. The Morgan fingerprint density at radius 2 is 1.79 bits per heavy atom. The lowest BCUT2D eigenvalue weighted by atomic mass is 9.88. The van der Waals surface area contributed by atoms with E-state index in [1.807, 2.05) is 6.92 Å². The van der Waals surface area contributed by atoms with Crippen LogP contribution < -0.4 is 5.32 Å². The molecule has 2 fully saturated rings. The van der Waals surface area contributed by atoms with Gasteiger partial charge in [-0.25, -0.2) is 0 Å². The van der Waals surface area contributed by atoms with Gasteiger partial charge in [0, 0.05) is 6.54 Å². The normalized spacial score (nSPS) is 33.3. The van der Waals surface area contributed by atoms with Crippen molar-refractivity contribution in [3.8, 4) is 0 Å². The van der Waals surface area contributed by atoms with Gasteiger partial charge in [-0.2, -0.15) is 0 Å². The van der Waals surface area contributed by atoms with E-state index in [1.165, 1.54) is 12.8 Å². The minimum Gasteiger partial charge on any atom is -0.481 e. The topological polar surface area (TPSA) is 66.4 Å². The maximum atomic E-state index is 12.2. The summed E-state index contributed by atoms with van der Waals surface area (Å²) in [4.78, 5) is 23.4. The zero-order valence-corrected chi connectivity index (χ0v) is 11.9. The van der Waals surface area contributed by atoms with Gasteiger partial charge in [0.25, 0.3) is 0 Å². The number of carboxylic acids is 1. The van der Waals surface area contributed by atoms with Gasteiger partial charge in [-0.3, -0.25) is 9.59 Å². The minimum atomic E-state index is -0.823. The molecule has 0 heterocycles. The maximum Gasteiger partial charge on any atom is 0.307 e. The van der Waals surface area contributed by atoms with E-state index >= 15 is 0 Å². The molecule has 0 aromatic carbocycles. The summed E-state index contributed by atoms with van der Waals surface area (Å²) in [6.45, 7) is 4.94. The van der Waals surface area contributed by atoms with Crippen molar-refractivity contribution in [2.45, 2.75) is 52.4 Å². The number of hydrogen-bond donors (Lipinski definition) is 2. The summed E-state index contributed by atoms with van der Waals surface area (Å²) in [5.41, 5.74) is 0.221. The van der Waals surface area contributed by atoms with Crippen LogP contribution in [0.15, 0.2) is 0 Å². The van der Waals surface area contributed by atoms with Gasteiger partial charge in [-0.05, 0) is 37.0 Å². The van der Waals surface area contributed by atoms with Crippen LogP contribution in [0, 0.1) is 23.2 Å². The molecule has 3 unspecified atom stereocenters. The van der Waals surface area contributed by atoms with Gasteiger partial charge in [-0.1, -0.05) is 26.7 Å². The number of amides is 1. The molecule has 0 aromatic heterocycles. The highest BCUT2D eigenvalue weighted by Gasteiger charge is 2.41. The first-order valence-corrected chi connectivity index (χ1v) is 7.42. The smallest absolute Gasteiger partial charge is 0.307 e. The molecule has 4 heteroatoms. The predicted molar refractivity (Wildman–Crippen MR) is 72.6 cm³/mol. The van der Waals surface area contributed by atoms with Gasteiger partial charge in [-0.15, -0.1) is 0 Å². The van der Waals surface area contributed by atoms with Crippen molar-refractivity contribution in [3.05, 3.63) is 0 Å². The number of carboxylic acid groups (broad SMARTS) is 1. The molecule has 0 radical (unpaired) electrons. The van der Waals surface area contributed by atoms with Gasteiger partial charge in [0.2, 0.25) is 5.91 Å². The molecule has 0 aromatic rings. The highest BCUT2D eigenvalue weighted by atomic mass is 16.4. The fourth-order valence-corrected chi connectivity index (χ4v) is 3.69. The van der Waals surface area contributed by atoms with E-state index in [2.05, 4.69) is 12.2 Å². The number of carbonyl (C=O) groups is 2. The average Bonchev–Trinajstić information content (AvgIpc) is 2.93. The number of carbonyl (C=O) groups excluding carboxylic acids is 1. The number of rotatable bonds is 4. The van der Waals surface area contributed by atoms with Crippen molar-refractivity contribution in [2.24, 2.45) is 23.2 Å². The zero-order valence-electron chi connectivity index (χ0n) is 11.9. The van der Waals surface area contributed by atoms with Gasteiger partial charge < -0.3 is 10.4 Å². The molecule has 2 N–H and O–H groups in total. The summed E-state index contributed by atoms with van der Waals surface area (Å²) in [7, 11) is 0. The van der Waals surface area contributed by atoms with Gasteiger partial charge in [0.05, 0.1) is 11.8 Å². The van der Waals surface area contributed by atoms with Gasteiger partial charge in [0.1, 0.15) is 0 Å². The molecule has 0 spiro atoms. The van der Waals surface area contributed by atoms with Crippen LogP contribution in [0.1, 0.15) is 52.4 Å². The molecule has 0 bridgehead atoms. The monoisotopic (exact) mass is 267 g/mol. The summed E-state index contributed by atoms with van der Waals surface area (Å²) in [5, 5.41) is 12.2. The van der Waals surface area contributed by atoms with Gasteiger partial charge >= 0.3 is 5.97 Å². The lowest BCUT2D eigenvalue weighted by Gasteiger charge is -2.25. The largest absolute Gasteiger partial charge is 0.481 e. The van der Waals surface area contributed by atoms with E-state index in [4.69, 9.17) is 0 Å². The minimum absolute atomic E-state index is 0.0510. The van der Waals surface area contributed by atoms with Crippen molar-refractivity contribution < 1.29 is 14.7 Å². The Morgan fingerprint density at radius 1 is 1.21 bits per heavy atom. The van der Waals surface area contributed by atoms with Crippen molar-refractivity contribution in [1.29, 1.82) is 0 Å². The number of nitrogens with one attached hydrogen (secondary N) is 1. The van der Waals surface area contributed by atoms with E-state index < -0.39 is 11.9 Å². The molecule has 2 aliphatic rings. The molecular formula is C15H25NO3.